The maximum atomic E-state index is 13.2. The molecule has 0 fully saturated rings. The summed E-state index contributed by atoms with van der Waals surface area (Å²) in [6.45, 7) is 3.07. The van der Waals surface area contributed by atoms with E-state index in [0.717, 1.165) is 11.1 Å². The maximum absolute atomic E-state index is 13.2. The number of amides is 3. The molecule has 200 valence electrons. The zero-order valence-electron chi connectivity index (χ0n) is 21.3. The third-order valence-corrected chi connectivity index (χ3v) is 5.43. The molecule has 0 aliphatic carbocycles. The van der Waals surface area contributed by atoms with Gasteiger partial charge in [-0.1, -0.05) is 74.5 Å². The summed E-state index contributed by atoms with van der Waals surface area (Å²) >= 11 is 0. The Hall–Kier alpha value is -3.92. The van der Waals surface area contributed by atoms with E-state index in [1.807, 2.05) is 26.0 Å². The summed E-state index contributed by atoms with van der Waals surface area (Å²) in [5.74, 6) is -1.88. The van der Waals surface area contributed by atoms with Crippen LogP contribution < -0.4 is 16.0 Å². The van der Waals surface area contributed by atoms with Crippen LogP contribution in [0.3, 0.4) is 0 Å². The summed E-state index contributed by atoms with van der Waals surface area (Å²) in [7, 11) is 1.24. The van der Waals surface area contributed by atoms with Crippen molar-refractivity contribution in [3.63, 3.8) is 0 Å². The Bertz CT molecular complexity index is 1020. The van der Waals surface area contributed by atoms with Crippen LogP contribution in [0.1, 0.15) is 31.4 Å². The van der Waals surface area contributed by atoms with Crippen LogP contribution in [0.2, 0.25) is 0 Å². The summed E-state index contributed by atoms with van der Waals surface area (Å²) < 4.78 is 9.93. The Morgan fingerprint density at radius 3 is 1.86 bits per heavy atom. The Morgan fingerprint density at radius 1 is 0.784 bits per heavy atom. The third-order valence-electron chi connectivity index (χ3n) is 5.43. The van der Waals surface area contributed by atoms with E-state index in [1.54, 1.807) is 48.5 Å². The fourth-order valence-electron chi connectivity index (χ4n) is 3.53. The van der Waals surface area contributed by atoms with E-state index in [2.05, 4.69) is 16.0 Å². The van der Waals surface area contributed by atoms with Crippen LogP contribution in [0.15, 0.2) is 60.7 Å². The molecule has 3 atom stereocenters. The molecule has 2 aromatic carbocycles. The van der Waals surface area contributed by atoms with Crippen LogP contribution in [-0.4, -0.2) is 60.8 Å². The van der Waals surface area contributed by atoms with Gasteiger partial charge in [0.05, 0.1) is 13.7 Å². The van der Waals surface area contributed by atoms with Gasteiger partial charge in [0.1, 0.15) is 24.7 Å². The maximum Gasteiger partial charge on any atom is 0.408 e. The molecule has 2 aromatic rings. The number of carbonyl (C=O) groups is 4. The normalized spacial score (nSPS) is 13.1. The van der Waals surface area contributed by atoms with Gasteiger partial charge >= 0.3 is 12.1 Å². The molecule has 10 nitrogen and oxygen atoms in total. The van der Waals surface area contributed by atoms with Crippen molar-refractivity contribution in [3.8, 4) is 0 Å². The number of nitrogens with one attached hydrogen (secondary N) is 3. The zero-order chi connectivity index (χ0) is 27.2. The van der Waals surface area contributed by atoms with Crippen LogP contribution in [-0.2, 0) is 36.9 Å². The Kier molecular flexibility index (Phi) is 12.1. The highest BCUT2D eigenvalue weighted by Crippen LogP contribution is 2.09. The van der Waals surface area contributed by atoms with Gasteiger partial charge < -0.3 is 30.5 Å². The second-order valence-electron chi connectivity index (χ2n) is 8.91. The van der Waals surface area contributed by atoms with E-state index in [4.69, 9.17) is 9.47 Å². The molecule has 0 unspecified atom stereocenters. The molecule has 10 heteroatoms. The summed E-state index contributed by atoms with van der Waals surface area (Å²) in [4.78, 5) is 50.5. The molecule has 0 heterocycles. The van der Waals surface area contributed by atoms with E-state index >= 15 is 0 Å². The Morgan fingerprint density at radius 2 is 1.32 bits per heavy atom. The SMILES string of the molecule is COC(=O)[C@H](CC(C)C)NC(=O)[C@@H](Cc1ccccc1)NC(=O)[C@@H](CO)NC(=O)OCc1ccccc1. The number of benzene rings is 2. The second kappa shape index (κ2) is 15.2. The molecule has 2 rings (SSSR count). The Labute approximate surface area is 216 Å². The molecule has 0 saturated heterocycles. The molecular formula is C27H35N3O7. The molecule has 0 bridgehead atoms. The molecule has 0 aliphatic rings. The first-order chi connectivity index (χ1) is 17.7. The van der Waals surface area contributed by atoms with Crippen molar-refractivity contribution < 1.29 is 33.8 Å². The average molecular weight is 514 g/mol. The largest absolute Gasteiger partial charge is 0.467 e. The zero-order valence-corrected chi connectivity index (χ0v) is 21.3. The summed E-state index contributed by atoms with van der Waals surface area (Å²) in [6.07, 6.45) is -0.437. The van der Waals surface area contributed by atoms with Gasteiger partial charge in [-0.25, -0.2) is 9.59 Å². The number of esters is 1. The van der Waals surface area contributed by atoms with Gasteiger partial charge in [-0.2, -0.15) is 0 Å². The molecule has 0 aromatic heterocycles. The quantitative estimate of drug-likeness (QED) is 0.299. The molecule has 0 aliphatic heterocycles. The first kappa shape index (κ1) is 29.3. The fraction of sp³-hybridized carbons (Fsp3) is 0.407. The van der Waals surface area contributed by atoms with Gasteiger partial charge in [-0.05, 0) is 23.5 Å². The van der Waals surface area contributed by atoms with E-state index in [9.17, 15) is 24.3 Å². The fourth-order valence-corrected chi connectivity index (χ4v) is 3.53. The second-order valence-corrected chi connectivity index (χ2v) is 8.91. The number of aliphatic hydroxyl groups is 1. The van der Waals surface area contributed by atoms with Gasteiger partial charge in [-0.15, -0.1) is 0 Å². The number of alkyl carbamates (subject to hydrolysis) is 1. The van der Waals surface area contributed by atoms with Crippen molar-refractivity contribution in [1.29, 1.82) is 0 Å². The lowest BCUT2D eigenvalue weighted by Gasteiger charge is -2.25. The van der Waals surface area contributed by atoms with Gasteiger partial charge in [0, 0.05) is 6.42 Å². The first-order valence-corrected chi connectivity index (χ1v) is 12.0. The highest BCUT2D eigenvalue weighted by Gasteiger charge is 2.30. The molecule has 4 N–H and O–H groups in total. The lowest BCUT2D eigenvalue weighted by Crippen LogP contribution is -2.57. The lowest BCUT2D eigenvalue weighted by molar-refractivity contribution is -0.145. The van der Waals surface area contributed by atoms with E-state index in [0.29, 0.717) is 6.42 Å². The Balaban J connectivity index is 2.09. The van der Waals surface area contributed by atoms with Crippen LogP contribution in [0.4, 0.5) is 4.79 Å². The molecular weight excluding hydrogens is 478 g/mol. The van der Waals surface area contributed by atoms with Gasteiger partial charge in [0.15, 0.2) is 0 Å². The van der Waals surface area contributed by atoms with E-state index < -0.39 is 48.6 Å². The van der Waals surface area contributed by atoms with Crippen LogP contribution in [0.5, 0.6) is 0 Å². The van der Waals surface area contributed by atoms with Crippen molar-refractivity contribution in [2.75, 3.05) is 13.7 Å². The highest BCUT2D eigenvalue weighted by atomic mass is 16.5. The third kappa shape index (κ3) is 10.3. The average Bonchev–Trinajstić information content (AvgIpc) is 2.90. The number of hydrogen-bond donors (Lipinski definition) is 4. The van der Waals surface area contributed by atoms with Crippen LogP contribution in [0, 0.1) is 5.92 Å². The van der Waals surface area contributed by atoms with Gasteiger partial charge in [-0.3, -0.25) is 9.59 Å². The van der Waals surface area contributed by atoms with E-state index in [-0.39, 0.29) is 18.9 Å². The van der Waals surface area contributed by atoms with E-state index in [1.165, 1.54) is 7.11 Å². The topological polar surface area (TPSA) is 143 Å². The van der Waals surface area contributed by atoms with Crippen LogP contribution >= 0.6 is 0 Å². The molecule has 37 heavy (non-hydrogen) atoms. The minimum atomic E-state index is -1.36. The van der Waals surface area contributed by atoms with Crippen molar-refractivity contribution in [1.82, 2.24) is 16.0 Å². The molecule has 0 saturated carbocycles. The summed E-state index contributed by atoms with van der Waals surface area (Å²) in [5.41, 5.74) is 1.51. The first-order valence-electron chi connectivity index (χ1n) is 12.0. The molecule has 0 radical (unpaired) electrons. The van der Waals surface area contributed by atoms with Crippen molar-refractivity contribution >= 4 is 23.9 Å². The molecule has 0 spiro atoms. The monoisotopic (exact) mass is 513 g/mol. The number of ether oxygens (including phenoxy) is 2. The predicted molar refractivity (Wildman–Crippen MR) is 136 cm³/mol. The summed E-state index contributed by atoms with van der Waals surface area (Å²) in [6, 6.07) is 14.6. The predicted octanol–water partition coefficient (Wildman–Crippen LogP) is 1.71. The standard InChI is InChI=1S/C27H35N3O7/c1-18(2)14-22(26(34)36-3)29-24(32)21(15-19-10-6-4-7-11-19)28-25(33)23(16-31)30-27(35)37-17-20-12-8-5-9-13-20/h4-13,18,21-23,31H,14-17H2,1-3H3,(H,28,33)(H,29,32)(H,30,35)/t21-,22+,23-/m1/s1. The van der Waals surface area contributed by atoms with Crippen molar-refractivity contribution in [2.45, 2.75) is 51.4 Å². The van der Waals surface area contributed by atoms with Crippen molar-refractivity contribution in [3.05, 3.63) is 71.8 Å². The highest BCUT2D eigenvalue weighted by molar-refractivity contribution is 5.93. The molecule has 3 amide bonds. The number of hydrogen-bond acceptors (Lipinski definition) is 7. The minimum Gasteiger partial charge on any atom is -0.467 e. The van der Waals surface area contributed by atoms with Gasteiger partial charge in [0.2, 0.25) is 11.8 Å². The number of rotatable bonds is 13. The van der Waals surface area contributed by atoms with Crippen LogP contribution in [0.25, 0.3) is 0 Å². The number of aliphatic hydroxyl groups excluding tert-OH is 1. The summed E-state index contributed by atoms with van der Waals surface area (Å²) in [5, 5.41) is 17.3. The van der Waals surface area contributed by atoms with Gasteiger partial charge in [0.25, 0.3) is 0 Å². The minimum absolute atomic E-state index is 0.0176. The number of carbonyl (C=O) groups excluding carboxylic acids is 4. The lowest BCUT2D eigenvalue weighted by atomic mass is 10.0. The smallest absolute Gasteiger partial charge is 0.408 e. The van der Waals surface area contributed by atoms with Crippen molar-refractivity contribution in [2.24, 2.45) is 5.92 Å². The number of methoxy groups -OCH3 is 1.